The third kappa shape index (κ3) is 2.59. The maximum absolute atomic E-state index is 9.83. The molecule has 2 aliphatic rings. The fourth-order valence-corrected chi connectivity index (χ4v) is 4.34. The first-order valence-electron chi connectivity index (χ1n) is 7.23. The Balaban J connectivity index is 1.73. The van der Waals surface area contributed by atoms with Crippen LogP contribution in [0.1, 0.15) is 36.2 Å². The van der Waals surface area contributed by atoms with Gasteiger partial charge in [-0.05, 0) is 43.2 Å². The molecule has 1 aromatic heterocycles. The largest absolute Gasteiger partial charge is 0.396 e. The predicted octanol–water partition coefficient (Wildman–Crippen LogP) is 2.46. The van der Waals surface area contributed by atoms with Gasteiger partial charge in [0.05, 0.1) is 6.61 Å². The summed E-state index contributed by atoms with van der Waals surface area (Å²) >= 11 is 1.89. The molecule has 3 nitrogen and oxygen atoms in total. The molecule has 0 spiro atoms. The van der Waals surface area contributed by atoms with Crippen molar-refractivity contribution in [2.24, 2.45) is 5.41 Å². The highest BCUT2D eigenvalue weighted by atomic mass is 32.1. The zero-order valence-corrected chi connectivity index (χ0v) is 12.4. The average molecular weight is 281 g/mol. The van der Waals surface area contributed by atoms with Gasteiger partial charge >= 0.3 is 0 Å². The van der Waals surface area contributed by atoms with Crippen molar-refractivity contribution in [3.05, 3.63) is 21.9 Å². The first kappa shape index (κ1) is 13.6. The number of aliphatic hydroxyl groups excluding tert-OH is 1. The molecule has 1 saturated heterocycles. The predicted molar refractivity (Wildman–Crippen MR) is 77.6 cm³/mol. The fourth-order valence-electron chi connectivity index (χ4n) is 3.38. The Hall–Kier alpha value is -0.420. The lowest BCUT2D eigenvalue weighted by molar-refractivity contribution is -0.0408. The van der Waals surface area contributed by atoms with Crippen LogP contribution in [0.4, 0.5) is 0 Å². The molecule has 2 aliphatic heterocycles. The van der Waals surface area contributed by atoms with Crippen molar-refractivity contribution in [2.75, 3.05) is 32.9 Å². The highest BCUT2D eigenvalue weighted by molar-refractivity contribution is 7.10. The van der Waals surface area contributed by atoms with E-state index in [1.54, 1.807) is 4.88 Å². The normalized spacial score (nSPS) is 27.2. The van der Waals surface area contributed by atoms with Crippen molar-refractivity contribution in [3.63, 3.8) is 0 Å². The summed E-state index contributed by atoms with van der Waals surface area (Å²) in [4.78, 5) is 4.10. The van der Waals surface area contributed by atoms with Gasteiger partial charge < -0.3 is 9.84 Å². The van der Waals surface area contributed by atoms with E-state index in [9.17, 15) is 5.11 Å². The molecule has 0 saturated carbocycles. The van der Waals surface area contributed by atoms with E-state index in [4.69, 9.17) is 4.74 Å². The fraction of sp³-hybridized carbons (Fsp3) is 0.733. The Kier molecular flexibility index (Phi) is 3.94. The van der Waals surface area contributed by atoms with Crippen LogP contribution < -0.4 is 0 Å². The van der Waals surface area contributed by atoms with Crippen LogP contribution in [0.2, 0.25) is 0 Å². The lowest BCUT2D eigenvalue weighted by atomic mass is 9.79. The van der Waals surface area contributed by atoms with Gasteiger partial charge in [-0.25, -0.2) is 0 Å². The lowest BCUT2D eigenvalue weighted by Crippen LogP contribution is -2.46. The van der Waals surface area contributed by atoms with Crippen LogP contribution in [0.15, 0.2) is 11.4 Å². The number of aliphatic hydroxyl groups is 1. The Morgan fingerprint density at radius 1 is 1.47 bits per heavy atom. The van der Waals surface area contributed by atoms with Crippen molar-refractivity contribution >= 4 is 11.3 Å². The number of rotatable bonds is 3. The quantitative estimate of drug-likeness (QED) is 0.924. The molecule has 1 atom stereocenters. The third-order valence-electron chi connectivity index (χ3n) is 4.83. The minimum atomic E-state index is 0.0556. The summed E-state index contributed by atoms with van der Waals surface area (Å²) in [5.41, 5.74) is 1.55. The molecule has 19 heavy (non-hydrogen) atoms. The highest BCUT2D eigenvalue weighted by Crippen LogP contribution is 2.37. The summed E-state index contributed by atoms with van der Waals surface area (Å²) in [7, 11) is 0. The molecule has 0 aromatic carbocycles. The second-order valence-electron chi connectivity index (χ2n) is 5.97. The number of ether oxygens (including phenoxy) is 1. The Morgan fingerprint density at radius 2 is 2.26 bits per heavy atom. The van der Waals surface area contributed by atoms with Gasteiger partial charge in [-0.2, -0.15) is 0 Å². The highest BCUT2D eigenvalue weighted by Gasteiger charge is 2.36. The second kappa shape index (κ2) is 5.52. The van der Waals surface area contributed by atoms with Crippen LogP contribution in [0.3, 0.4) is 0 Å². The smallest absolute Gasteiger partial charge is 0.0501 e. The van der Waals surface area contributed by atoms with E-state index >= 15 is 0 Å². The lowest BCUT2D eigenvalue weighted by Gasteiger charge is -2.43. The van der Waals surface area contributed by atoms with Crippen molar-refractivity contribution < 1.29 is 9.84 Å². The van der Waals surface area contributed by atoms with Crippen LogP contribution in [0.5, 0.6) is 0 Å². The molecular weight excluding hydrogens is 258 g/mol. The molecule has 1 aromatic rings. The molecule has 1 N–H and O–H groups in total. The summed E-state index contributed by atoms with van der Waals surface area (Å²) in [5, 5.41) is 12.0. The van der Waals surface area contributed by atoms with E-state index < -0.39 is 0 Å². The summed E-state index contributed by atoms with van der Waals surface area (Å²) in [6.07, 6.45) is 3.14. The molecule has 1 fully saturated rings. The van der Waals surface area contributed by atoms with Crippen molar-refractivity contribution in [3.8, 4) is 0 Å². The maximum Gasteiger partial charge on any atom is 0.0501 e. The second-order valence-corrected chi connectivity index (χ2v) is 6.97. The maximum atomic E-state index is 9.83. The molecule has 3 heterocycles. The van der Waals surface area contributed by atoms with E-state index in [2.05, 4.69) is 23.3 Å². The molecule has 4 heteroatoms. The van der Waals surface area contributed by atoms with Gasteiger partial charge in [-0.3, -0.25) is 4.90 Å². The van der Waals surface area contributed by atoms with Gasteiger partial charge in [0.15, 0.2) is 0 Å². The van der Waals surface area contributed by atoms with Crippen molar-refractivity contribution in [1.29, 1.82) is 0 Å². The van der Waals surface area contributed by atoms with Crippen LogP contribution in [-0.2, 0) is 11.2 Å². The SMILES string of the molecule is CC1c2ccsc2CCN1CC1(CO)CCOCC1. The summed E-state index contributed by atoms with van der Waals surface area (Å²) in [6.45, 7) is 6.31. The number of thiophene rings is 1. The standard InChI is InChI=1S/C15H23NO2S/c1-12-13-3-9-19-14(13)2-6-16(12)10-15(11-17)4-7-18-8-5-15/h3,9,12,17H,2,4-8,10-11H2,1H3. The van der Waals surface area contributed by atoms with E-state index in [-0.39, 0.29) is 12.0 Å². The molecule has 0 bridgehead atoms. The van der Waals surface area contributed by atoms with Crippen LogP contribution in [-0.4, -0.2) is 42.9 Å². The average Bonchev–Trinajstić information content (AvgIpc) is 2.92. The zero-order valence-electron chi connectivity index (χ0n) is 11.6. The van der Waals surface area contributed by atoms with Gasteiger partial charge in [0.1, 0.15) is 0 Å². The minimum Gasteiger partial charge on any atom is -0.396 e. The van der Waals surface area contributed by atoms with Crippen LogP contribution >= 0.6 is 11.3 Å². The summed E-state index contributed by atoms with van der Waals surface area (Å²) in [6, 6.07) is 2.76. The van der Waals surface area contributed by atoms with Gasteiger partial charge in [0.2, 0.25) is 0 Å². The Labute approximate surface area is 119 Å². The van der Waals surface area contributed by atoms with E-state index in [1.807, 2.05) is 11.3 Å². The number of hydrogen-bond acceptors (Lipinski definition) is 4. The monoisotopic (exact) mass is 281 g/mol. The van der Waals surface area contributed by atoms with Crippen molar-refractivity contribution in [2.45, 2.75) is 32.2 Å². The topological polar surface area (TPSA) is 32.7 Å². The first-order chi connectivity index (χ1) is 9.24. The summed E-state index contributed by atoms with van der Waals surface area (Å²) in [5.74, 6) is 0. The summed E-state index contributed by atoms with van der Waals surface area (Å²) < 4.78 is 5.46. The van der Waals surface area contributed by atoms with Gasteiger partial charge in [0.25, 0.3) is 0 Å². The Bertz CT molecular complexity index is 426. The van der Waals surface area contributed by atoms with Crippen LogP contribution in [0.25, 0.3) is 0 Å². The van der Waals surface area contributed by atoms with Gasteiger partial charge in [0, 0.05) is 42.6 Å². The van der Waals surface area contributed by atoms with Gasteiger partial charge in [-0.15, -0.1) is 11.3 Å². The molecule has 0 amide bonds. The first-order valence-corrected chi connectivity index (χ1v) is 8.11. The minimum absolute atomic E-state index is 0.0556. The number of fused-ring (bicyclic) bond motifs is 1. The molecule has 0 aliphatic carbocycles. The molecular formula is C15H23NO2S. The number of nitrogens with zero attached hydrogens (tertiary/aromatic N) is 1. The Morgan fingerprint density at radius 3 is 3.00 bits per heavy atom. The van der Waals surface area contributed by atoms with E-state index in [0.29, 0.717) is 6.04 Å². The van der Waals surface area contributed by atoms with Crippen molar-refractivity contribution in [1.82, 2.24) is 4.90 Å². The molecule has 0 radical (unpaired) electrons. The third-order valence-corrected chi connectivity index (χ3v) is 5.83. The van der Waals surface area contributed by atoms with Crippen LogP contribution in [0, 0.1) is 5.41 Å². The van der Waals surface area contributed by atoms with Gasteiger partial charge in [-0.1, -0.05) is 0 Å². The molecule has 106 valence electrons. The molecule has 3 rings (SSSR count). The van der Waals surface area contributed by atoms with E-state index in [0.717, 1.165) is 45.6 Å². The van der Waals surface area contributed by atoms with E-state index in [1.165, 1.54) is 5.56 Å². The molecule has 1 unspecified atom stereocenters. The number of hydrogen-bond donors (Lipinski definition) is 1. The zero-order chi connectivity index (χ0) is 13.3.